The van der Waals surface area contributed by atoms with Crippen LogP contribution in [0.3, 0.4) is 0 Å². The fourth-order valence-electron chi connectivity index (χ4n) is 3.53. The number of nitrogens with one attached hydrogen (secondary N) is 1. The molecule has 1 aromatic heterocycles. The molecule has 1 saturated heterocycles. The third-order valence-electron chi connectivity index (χ3n) is 4.77. The minimum atomic E-state index is -0.00817. The number of fused-ring (bicyclic) bond motifs is 1. The van der Waals surface area contributed by atoms with Gasteiger partial charge in [0.15, 0.2) is 0 Å². The lowest BCUT2D eigenvalue weighted by atomic mass is 9.93. The topological polar surface area (TPSA) is 42.1 Å². The van der Waals surface area contributed by atoms with E-state index in [9.17, 15) is 4.79 Å². The van der Waals surface area contributed by atoms with Gasteiger partial charge in [0.2, 0.25) is 0 Å². The predicted molar refractivity (Wildman–Crippen MR) is 88.9 cm³/mol. The number of aromatic amines is 1. The summed E-state index contributed by atoms with van der Waals surface area (Å²) in [4.78, 5) is 15.6. The minimum Gasteiger partial charge on any atom is -0.462 e. The number of esters is 1. The van der Waals surface area contributed by atoms with Gasteiger partial charge in [-0.25, -0.2) is 0 Å². The van der Waals surface area contributed by atoms with Crippen LogP contribution < -0.4 is 0 Å². The summed E-state index contributed by atoms with van der Waals surface area (Å²) >= 11 is 0. The number of cyclic esters (lactones) is 1. The van der Waals surface area contributed by atoms with Crippen molar-refractivity contribution >= 4 is 16.9 Å². The zero-order valence-corrected chi connectivity index (χ0v) is 13.5. The van der Waals surface area contributed by atoms with Crippen LogP contribution in [-0.4, -0.2) is 17.1 Å². The Hall–Kier alpha value is -1.77. The van der Waals surface area contributed by atoms with Gasteiger partial charge in [-0.1, -0.05) is 38.0 Å². The number of para-hydroxylation sites is 1. The third kappa shape index (κ3) is 3.03. The molecule has 1 fully saturated rings. The molecule has 0 saturated carbocycles. The molecule has 2 aromatic rings. The van der Waals surface area contributed by atoms with Gasteiger partial charge in [-0.3, -0.25) is 4.79 Å². The number of H-pyrrole nitrogens is 1. The molecule has 0 unspecified atom stereocenters. The van der Waals surface area contributed by atoms with Crippen molar-refractivity contribution in [2.45, 2.75) is 58.5 Å². The smallest absolute Gasteiger partial charge is 0.309 e. The van der Waals surface area contributed by atoms with E-state index in [1.807, 2.05) is 6.07 Å². The third-order valence-corrected chi connectivity index (χ3v) is 4.77. The van der Waals surface area contributed by atoms with Crippen molar-refractivity contribution in [2.24, 2.45) is 5.92 Å². The molecule has 0 radical (unpaired) electrons. The maximum Gasteiger partial charge on any atom is 0.309 e. The Morgan fingerprint density at radius 3 is 2.91 bits per heavy atom. The van der Waals surface area contributed by atoms with E-state index < -0.39 is 0 Å². The van der Waals surface area contributed by atoms with Crippen LogP contribution in [0.1, 0.15) is 50.3 Å². The highest BCUT2D eigenvalue weighted by Crippen LogP contribution is 2.31. The second-order valence-corrected chi connectivity index (χ2v) is 6.47. The largest absolute Gasteiger partial charge is 0.462 e. The molecule has 22 heavy (non-hydrogen) atoms. The summed E-state index contributed by atoms with van der Waals surface area (Å²) in [5.41, 5.74) is 3.59. The number of aryl methyl sites for hydroxylation is 1. The van der Waals surface area contributed by atoms with E-state index in [-0.39, 0.29) is 18.0 Å². The average molecular weight is 299 g/mol. The Bertz CT molecular complexity index is 658. The fourth-order valence-corrected chi connectivity index (χ4v) is 3.53. The lowest BCUT2D eigenvalue weighted by Crippen LogP contribution is -2.11. The van der Waals surface area contributed by atoms with Crippen LogP contribution >= 0.6 is 0 Å². The Labute approximate surface area is 132 Å². The number of carbonyl (C=O) groups is 1. The highest BCUT2D eigenvalue weighted by Gasteiger charge is 2.34. The lowest BCUT2D eigenvalue weighted by Gasteiger charge is -2.07. The second kappa shape index (κ2) is 6.55. The second-order valence-electron chi connectivity index (χ2n) is 6.47. The summed E-state index contributed by atoms with van der Waals surface area (Å²) in [6.07, 6.45) is 6.41. The van der Waals surface area contributed by atoms with Gasteiger partial charge in [0.05, 0.1) is 5.92 Å². The molecule has 118 valence electrons. The number of hydrogen-bond donors (Lipinski definition) is 1. The summed E-state index contributed by atoms with van der Waals surface area (Å²) < 4.78 is 5.57. The van der Waals surface area contributed by atoms with Crippen molar-refractivity contribution in [1.82, 2.24) is 4.98 Å². The molecule has 3 rings (SSSR count). The zero-order valence-electron chi connectivity index (χ0n) is 13.5. The molecule has 0 amide bonds. The van der Waals surface area contributed by atoms with Gasteiger partial charge >= 0.3 is 5.97 Å². The number of unbranched alkanes of at least 4 members (excludes halogenated alkanes) is 2. The highest BCUT2D eigenvalue weighted by molar-refractivity contribution is 5.85. The molecular weight excluding hydrogens is 274 g/mol. The van der Waals surface area contributed by atoms with Gasteiger partial charge in [0.1, 0.15) is 6.10 Å². The summed E-state index contributed by atoms with van der Waals surface area (Å²) in [5.74, 6) is 0.00992. The van der Waals surface area contributed by atoms with Crippen molar-refractivity contribution in [3.63, 3.8) is 0 Å². The molecule has 0 spiro atoms. The summed E-state index contributed by atoms with van der Waals surface area (Å²) in [5, 5.41) is 1.24. The van der Waals surface area contributed by atoms with Crippen LogP contribution in [-0.2, 0) is 16.0 Å². The first-order valence-electron chi connectivity index (χ1n) is 8.45. The molecule has 2 heterocycles. The number of hydrogen-bond acceptors (Lipinski definition) is 2. The van der Waals surface area contributed by atoms with E-state index in [0.717, 1.165) is 31.2 Å². The standard InChI is InChI=1S/C19H25NO2/c1-3-4-5-8-15-11-14(19(21)22-15)12-17-13(2)20-18-10-7-6-9-16(17)18/h6-7,9-10,14-15,20H,3-5,8,11-12H2,1-2H3/t14-,15+/m0/s1. The Morgan fingerprint density at radius 2 is 2.09 bits per heavy atom. The number of aromatic nitrogens is 1. The molecule has 3 heteroatoms. The number of benzene rings is 1. The van der Waals surface area contributed by atoms with E-state index in [2.05, 4.69) is 37.0 Å². The monoisotopic (exact) mass is 299 g/mol. The Morgan fingerprint density at radius 1 is 1.27 bits per heavy atom. The maximum absolute atomic E-state index is 12.2. The van der Waals surface area contributed by atoms with Crippen LogP contribution in [0.5, 0.6) is 0 Å². The SMILES string of the molecule is CCCCC[C@@H]1C[C@@H](Cc2c(C)[nH]c3ccccc23)C(=O)O1. The Kier molecular flexibility index (Phi) is 4.51. The molecule has 0 bridgehead atoms. The maximum atomic E-state index is 12.2. The normalized spacial score (nSPS) is 21.5. The van der Waals surface area contributed by atoms with E-state index >= 15 is 0 Å². The summed E-state index contributed by atoms with van der Waals surface area (Å²) in [6, 6.07) is 8.31. The predicted octanol–water partition coefficient (Wildman–Crippen LogP) is 4.53. The quantitative estimate of drug-likeness (QED) is 0.629. The van der Waals surface area contributed by atoms with Crippen LogP contribution in [0.25, 0.3) is 10.9 Å². The number of rotatable bonds is 6. The molecular formula is C19H25NO2. The van der Waals surface area contributed by atoms with Crippen molar-refractivity contribution < 1.29 is 9.53 Å². The number of ether oxygens (including phenoxy) is 1. The summed E-state index contributed by atoms with van der Waals surface area (Å²) in [7, 11) is 0. The Balaban J connectivity index is 1.70. The van der Waals surface area contributed by atoms with E-state index in [1.54, 1.807) is 0 Å². The van der Waals surface area contributed by atoms with E-state index in [0.29, 0.717) is 0 Å². The first-order chi connectivity index (χ1) is 10.7. The van der Waals surface area contributed by atoms with Gasteiger partial charge in [0, 0.05) is 16.6 Å². The first kappa shape index (κ1) is 15.1. The highest BCUT2D eigenvalue weighted by atomic mass is 16.5. The van der Waals surface area contributed by atoms with Gasteiger partial charge in [-0.2, -0.15) is 0 Å². The summed E-state index contributed by atoms with van der Waals surface area (Å²) in [6.45, 7) is 4.29. The van der Waals surface area contributed by atoms with Crippen LogP contribution in [0.4, 0.5) is 0 Å². The van der Waals surface area contributed by atoms with Crippen molar-refractivity contribution in [1.29, 1.82) is 0 Å². The van der Waals surface area contributed by atoms with E-state index in [4.69, 9.17) is 4.74 Å². The fraction of sp³-hybridized carbons (Fsp3) is 0.526. The lowest BCUT2D eigenvalue weighted by molar-refractivity contribution is -0.144. The first-order valence-corrected chi connectivity index (χ1v) is 8.45. The van der Waals surface area contributed by atoms with E-state index in [1.165, 1.54) is 29.5 Å². The molecule has 1 aromatic carbocycles. The van der Waals surface area contributed by atoms with Crippen LogP contribution in [0.2, 0.25) is 0 Å². The number of carbonyl (C=O) groups excluding carboxylic acids is 1. The van der Waals surface area contributed by atoms with Crippen molar-refractivity contribution in [3.8, 4) is 0 Å². The van der Waals surface area contributed by atoms with Crippen LogP contribution in [0.15, 0.2) is 24.3 Å². The van der Waals surface area contributed by atoms with Gasteiger partial charge in [-0.05, 0) is 44.2 Å². The van der Waals surface area contributed by atoms with Gasteiger partial charge in [-0.15, -0.1) is 0 Å². The van der Waals surface area contributed by atoms with Crippen LogP contribution in [0, 0.1) is 12.8 Å². The zero-order chi connectivity index (χ0) is 15.5. The molecule has 0 aliphatic carbocycles. The molecule has 1 aliphatic rings. The van der Waals surface area contributed by atoms with Crippen molar-refractivity contribution in [2.75, 3.05) is 0 Å². The molecule has 3 nitrogen and oxygen atoms in total. The van der Waals surface area contributed by atoms with Gasteiger partial charge < -0.3 is 9.72 Å². The molecule has 2 atom stereocenters. The minimum absolute atomic E-state index is 0.00817. The average Bonchev–Trinajstić information content (AvgIpc) is 3.01. The molecule has 1 aliphatic heterocycles. The van der Waals surface area contributed by atoms with Crippen molar-refractivity contribution in [3.05, 3.63) is 35.5 Å². The molecule has 1 N–H and O–H groups in total. The van der Waals surface area contributed by atoms with Gasteiger partial charge in [0.25, 0.3) is 0 Å².